The van der Waals surface area contributed by atoms with Crippen molar-refractivity contribution in [3.8, 4) is 0 Å². The molecule has 21 heavy (non-hydrogen) atoms. The fourth-order valence-corrected chi connectivity index (χ4v) is 3.44. The molecule has 1 N–H and O–H groups in total. The Balaban J connectivity index is 1.71. The Bertz CT molecular complexity index is 523. The molecule has 0 aromatic carbocycles. The molecule has 1 aliphatic heterocycles. The summed E-state index contributed by atoms with van der Waals surface area (Å²) in [6.07, 6.45) is 5.50. The minimum absolute atomic E-state index is 0.105. The molecule has 1 aliphatic carbocycles. The fraction of sp³-hybridized carbons (Fsp3) is 0.800. The van der Waals surface area contributed by atoms with Crippen LogP contribution in [0.3, 0.4) is 0 Å². The van der Waals surface area contributed by atoms with E-state index in [2.05, 4.69) is 29.4 Å². The highest BCUT2D eigenvalue weighted by Gasteiger charge is 2.36. The Hall–Kier alpha value is -1.59. The second-order valence-corrected chi connectivity index (χ2v) is 6.69. The Labute approximate surface area is 125 Å². The van der Waals surface area contributed by atoms with Crippen LogP contribution in [0, 0.1) is 0 Å². The summed E-state index contributed by atoms with van der Waals surface area (Å²) < 4.78 is 5.82. The molecule has 2 fully saturated rings. The molecule has 1 aromatic rings. The van der Waals surface area contributed by atoms with Gasteiger partial charge in [-0.25, -0.2) is 0 Å². The fourth-order valence-electron chi connectivity index (χ4n) is 3.44. The monoisotopic (exact) mass is 292 g/mol. The smallest absolute Gasteiger partial charge is 0.315 e. The number of aromatic nitrogens is 2. The van der Waals surface area contributed by atoms with E-state index in [0.29, 0.717) is 11.9 Å². The molecule has 0 spiro atoms. The van der Waals surface area contributed by atoms with E-state index in [1.807, 2.05) is 4.90 Å². The summed E-state index contributed by atoms with van der Waals surface area (Å²) in [6, 6.07) is 0.628. The Morgan fingerprint density at radius 3 is 2.76 bits per heavy atom. The summed E-state index contributed by atoms with van der Waals surface area (Å²) in [5.74, 6) is 0.908. The van der Waals surface area contributed by atoms with Crippen LogP contribution in [0.15, 0.2) is 4.42 Å². The van der Waals surface area contributed by atoms with Crippen molar-refractivity contribution >= 4 is 11.9 Å². The molecule has 1 aromatic heterocycles. The van der Waals surface area contributed by atoms with Gasteiger partial charge in [0.25, 0.3) is 0 Å². The van der Waals surface area contributed by atoms with Crippen LogP contribution in [0.5, 0.6) is 0 Å². The zero-order valence-corrected chi connectivity index (χ0v) is 13.1. The highest BCUT2D eigenvalue weighted by molar-refractivity contribution is 5.73. The molecule has 2 atom stereocenters. The van der Waals surface area contributed by atoms with Gasteiger partial charge in [0.15, 0.2) is 0 Å². The lowest BCUT2D eigenvalue weighted by Gasteiger charge is -2.38. The van der Waals surface area contributed by atoms with E-state index in [1.54, 1.807) is 6.92 Å². The molecule has 6 nitrogen and oxygen atoms in total. The second-order valence-electron chi connectivity index (χ2n) is 6.69. The highest BCUT2D eigenvalue weighted by Crippen LogP contribution is 2.36. The number of piperidine rings is 1. The summed E-state index contributed by atoms with van der Waals surface area (Å²) in [5, 5.41) is 11.7. The van der Waals surface area contributed by atoms with Gasteiger partial charge in [-0.15, -0.1) is 5.10 Å². The molecule has 1 saturated heterocycles. The standard InChI is InChI=1S/C15H24N4O2/c1-10-12(6-4-9-19(10)11(2)20)13-17-18-14(21-13)16-15(3)7-5-8-15/h10,12H,4-9H2,1-3H3,(H,16,18)/t10-,12-/m1/s1. The Kier molecular flexibility index (Phi) is 3.63. The summed E-state index contributed by atoms with van der Waals surface area (Å²) in [5.41, 5.74) is 0.105. The quantitative estimate of drug-likeness (QED) is 0.927. The first kappa shape index (κ1) is 14.4. The predicted molar refractivity (Wildman–Crippen MR) is 79.0 cm³/mol. The van der Waals surface area contributed by atoms with Crippen LogP contribution >= 0.6 is 0 Å². The molecular weight excluding hydrogens is 268 g/mol. The van der Waals surface area contributed by atoms with E-state index < -0.39 is 0 Å². The van der Waals surface area contributed by atoms with Crippen molar-refractivity contribution in [1.29, 1.82) is 0 Å². The maximum Gasteiger partial charge on any atom is 0.315 e. The molecule has 0 unspecified atom stereocenters. The lowest BCUT2D eigenvalue weighted by molar-refractivity contribution is -0.132. The van der Waals surface area contributed by atoms with Gasteiger partial charge >= 0.3 is 6.01 Å². The first-order valence-electron chi connectivity index (χ1n) is 7.87. The van der Waals surface area contributed by atoms with Crippen LogP contribution in [-0.4, -0.2) is 39.1 Å². The number of hydrogen-bond acceptors (Lipinski definition) is 5. The van der Waals surface area contributed by atoms with Gasteiger partial charge < -0.3 is 14.6 Å². The van der Waals surface area contributed by atoms with E-state index in [-0.39, 0.29) is 23.4 Å². The minimum atomic E-state index is 0.105. The van der Waals surface area contributed by atoms with Gasteiger partial charge in [-0.1, -0.05) is 5.10 Å². The number of carbonyl (C=O) groups excluding carboxylic acids is 1. The van der Waals surface area contributed by atoms with Gasteiger partial charge in [0.1, 0.15) is 0 Å². The number of hydrogen-bond donors (Lipinski definition) is 1. The summed E-state index contributed by atoms with van der Waals surface area (Å²) in [7, 11) is 0. The minimum Gasteiger partial charge on any atom is -0.408 e. The van der Waals surface area contributed by atoms with Crippen LogP contribution in [0.2, 0.25) is 0 Å². The predicted octanol–water partition coefficient (Wildman–Crippen LogP) is 2.54. The maximum atomic E-state index is 11.7. The first-order chi connectivity index (χ1) is 9.98. The van der Waals surface area contributed by atoms with Gasteiger partial charge in [0, 0.05) is 25.0 Å². The number of anilines is 1. The Morgan fingerprint density at radius 1 is 1.38 bits per heavy atom. The van der Waals surface area contributed by atoms with Crippen molar-refractivity contribution < 1.29 is 9.21 Å². The molecule has 0 radical (unpaired) electrons. The topological polar surface area (TPSA) is 71.3 Å². The average Bonchev–Trinajstić information content (AvgIpc) is 2.85. The molecule has 2 heterocycles. The molecular formula is C15H24N4O2. The number of nitrogens with zero attached hydrogens (tertiary/aromatic N) is 3. The number of likely N-dealkylation sites (tertiary alicyclic amines) is 1. The van der Waals surface area contributed by atoms with Gasteiger partial charge in [0.2, 0.25) is 11.8 Å². The van der Waals surface area contributed by atoms with Crippen molar-refractivity contribution in [2.75, 3.05) is 11.9 Å². The van der Waals surface area contributed by atoms with Crippen molar-refractivity contribution in [2.45, 2.75) is 70.4 Å². The Morgan fingerprint density at radius 2 is 2.14 bits per heavy atom. The van der Waals surface area contributed by atoms with Gasteiger partial charge in [-0.05, 0) is 46.0 Å². The van der Waals surface area contributed by atoms with Gasteiger partial charge in [-0.2, -0.15) is 0 Å². The number of nitrogens with one attached hydrogen (secondary N) is 1. The van der Waals surface area contributed by atoms with Crippen LogP contribution < -0.4 is 5.32 Å². The van der Waals surface area contributed by atoms with Gasteiger partial charge in [0.05, 0.1) is 5.92 Å². The van der Waals surface area contributed by atoms with E-state index in [0.717, 1.165) is 32.2 Å². The molecule has 0 bridgehead atoms. The third kappa shape index (κ3) is 2.76. The zero-order valence-electron chi connectivity index (χ0n) is 13.1. The second kappa shape index (κ2) is 5.31. The van der Waals surface area contributed by atoms with Crippen LogP contribution in [0.1, 0.15) is 64.7 Å². The largest absolute Gasteiger partial charge is 0.408 e. The number of carbonyl (C=O) groups is 1. The molecule has 2 aliphatic rings. The third-order valence-electron chi connectivity index (χ3n) is 5.02. The summed E-state index contributed by atoms with van der Waals surface area (Å²) >= 11 is 0. The van der Waals surface area contributed by atoms with Crippen LogP contribution in [0.25, 0.3) is 0 Å². The zero-order chi connectivity index (χ0) is 15.0. The van der Waals surface area contributed by atoms with E-state index >= 15 is 0 Å². The number of amides is 1. The molecule has 1 amide bonds. The molecule has 1 saturated carbocycles. The normalized spacial score (nSPS) is 28.0. The summed E-state index contributed by atoms with van der Waals surface area (Å²) in [6.45, 7) is 6.69. The lowest BCUT2D eigenvalue weighted by Crippen LogP contribution is -2.44. The van der Waals surface area contributed by atoms with E-state index in [4.69, 9.17) is 4.42 Å². The maximum absolute atomic E-state index is 11.7. The van der Waals surface area contributed by atoms with Crippen molar-refractivity contribution in [1.82, 2.24) is 15.1 Å². The van der Waals surface area contributed by atoms with Crippen molar-refractivity contribution in [3.63, 3.8) is 0 Å². The SMILES string of the molecule is CC(=O)N1CCC[C@@H](c2nnc(NC3(C)CCC3)o2)[C@H]1C. The van der Waals surface area contributed by atoms with E-state index in [1.165, 1.54) is 6.42 Å². The van der Waals surface area contributed by atoms with Crippen molar-refractivity contribution in [2.24, 2.45) is 0 Å². The molecule has 6 heteroatoms. The number of rotatable bonds is 3. The van der Waals surface area contributed by atoms with Crippen molar-refractivity contribution in [3.05, 3.63) is 5.89 Å². The van der Waals surface area contributed by atoms with E-state index in [9.17, 15) is 4.79 Å². The lowest BCUT2D eigenvalue weighted by atomic mass is 9.79. The van der Waals surface area contributed by atoms with Crippen LogP contribution in [0.4, 0.5) is 6.01 Å². The molecule has 116 valence electrons. The first-order valence-corrected chi connectivity index (χ1v) is 7.87. The third-order valence-corrected chi connectivity index (χ3v) is 5.02. The summed E-state index contributed by atoms with van der Waals surface area (Å²) in [4.78, 5) is 13.6. The highest BCUT2D eigenvalue weighted by atomic mass is 16.4. The molecule has 3 rings (SSSR count). The average molecular weight is 292 g/mol. The van der Waals surface area contributed by atoms with Crippen LogP contribution in [-0.2, 0) is 4.79 Å². The van der Waals surface area contributed by atoms with Gasteiger partial charge in [-0.3, -0.25) is 4.79 Å².